The van der Waals surface area contributed by atoms with Crippen LogP contribution < -0.4 is 21.7 Å². The number of guanidine groups is 1. The van der Waals surface area contributed by atoms with E-state index in [1.54, 1.807) is 12.4 Å². The fourth-order valence-electron chi connectivity index (χ4n) is 2.84. The molecule has 0 spiro atoms. The number of carbonyl (C=O) groups is 1. The Morgan fingerprint density at radius 2 is 2.11 bits per heavy atom. The Bertz CT molecular complexity index is 837. The summed E-state index contributed by atoms with van der Waals surface area (Å²) in [5, 5.41) is 11.9. The molecule has 10 heteroatoms. The maximum absolute atomic E-state index is 11.5. The molecule has 1 aliphatic heterocycles. The molecule has 1 aromatic heterocycles. The summed E-state index contributed by atoms with van der Waals surface area (Å²) in [5.41, 5.74) is 13.0. The van der Waals surface area contributed by atoms with Crippen molar-refractivity contribution >= 4 is 17.9 Å². The second kappa shape index (κ2) is 9.11. The minimum Gasteiger partial charge on any atom is -0.394 e. The van der Waals surface area contributed by atoms with Gasteiger partial charge < -0.3 is 31.5 Å². The molecule has 1 atom stereocenters. The SMILES string of the molecule is NC(N)=NC(=O)NCc1cccc(-c2cnc(N3CCOC(CO)C3)nc2)c1. The van der Waals surface area contributed by atoms with Gasteiger partial charge >= 0.3 is 6.03 Å². The van der Waals surface area contributed by atoms with Crippen LogP contribution in [-0.4, -0.2) is 59.5 Å². The zero-order chi connectivity index (χ0) is 19.9. The van der Waals surface area contributed by atoms with Crippen LogP contribution >= 0.6 is 0 Å². The third kappa shape index (κ3) is 5.15. The lowest BCUT2D eigenvalue weighted by molar-refractivity contribution is 0.00314. The highest BCUT2D eigenvalue weighted by molar-refractivity contribution is 5.90. The van der Waals surface area contributed by atoms with Gasteiger partial charge in [0.05, 0.1) is 19.3 Å². The van der Waals surface area contributed by atoms with Crippen LogP contribution in [0.3, 0.4) is 0 Å². The Morgan fingerprint density at radius 3 is 2.82 bits per heavy atom. The van der Waals surface area contributed by atoms with Crippen LogP contribution in [0.15, 0.2) is 41.7 Å². The molecule has 148 valence electrons. The Kier molecular flexibility index (Phi) is 6.35. The Hall–Kier alpha value is -3.24. The van der Waals surface area contributed by atoms with Crippen molar-refractivity contribution in [2.75, 3.05) is 31.2 Å². The first kappa shape index (κ1) is 19.5. The molecule has 0 saturated carbocycles. The smallest absolute Gasteiger partial charge is 0.344 e. The second-order valence-corrected chi connectivity index (χ2v) is 6.29. The number of morpholine rings is 1. The summed E-state index contributed by atoms with van der Waals surface area (Å²) in [4.78, 5) is 25.8. The number of ether oxygens (including phenoxy) is 1. The quantitative estimate of drug-likeness (QED) is 0.409. The number of carbonyl (C=O) groups excluding carboxylic acids is 1. The summed E-state index contributed by atoms with van der Waals surface area (Å²) in [6.45, 7) is 2.03. The lowest BCUT2D eigenvalue weighted by Crippen LogP contribution is -2.44. The summed E-state index contributed by atoms with van der Waals surface area (Å²) in [6, 6.07) is 7.06. The molecule has 1 fully saturated rings. The van der Waals surface area contributed by atoms with E-state index in [9.17, 15) is 9.90 Å². The monoisotopic (exact) mass is 385 g/mol. The molecule has 1 saturated heterocycles. The van der Waals surface area contributed by atoms with Gasteiger partial charge in [-0.05, 0) is 17.2 Å². The number of rotatable bonds is 5. The summed E-state index contributed by atoms with van der Waals surface area (Å²) in [6.07, 6.45) is 3.29. The van der Waals surface area contributed by atoms with E-state index in [4.69, 9.17) is 16.2 Å². The number of aliphatic imine (C=N–C) groups is 1. The van der Waals surface area contributed by atoms with Crippen LogP contribution in [0.1, 0.15) is 5.56 Å². The number of aromatic nitrogens is 2. The molecular formula is C18H23N7O3. The molecule has 28 heavy (non-hydrogen) atoms. The molecule has 10 nitrogen and oxygen atoms in total. The molecule has 1 aromatic carbocycles. The molecule has 2 aromatic rings. The van der Waals surface area contributed by atoms with Gasteiger partial charge in [0.2, 0.25) is 5.95 Å². The molecular weight excluding hydrogens is 362 g/mol. The van der Waals surface area contributed by atoms with Crippen LogP contribution in [0.5, 0.6) is 0 Å². The highest BCUT2D eigenvalue weighted by atomic mass is 16.5. The Labute approximate surface area is 162 Å². The summed E-state index contributed by atoms with van der Waals surface area (Å²) in [7, 11) is 0. The van der Waals surface area contributed by atoms with E-state index in [1.807, 2.05) is 29.2 Å². The normalized spacial score (nSPS) is 16.5. The van der Waals surface area contributed by atoms with Gasteiger partial charge in [0.15, 0.2) is 5.96 Å². The van der Waals surface area contributed by atoms with Crippen LogP contribution in [0.4, 0.5) is 10.7 Å². The predicted octanol–water partition coefficient (Wildman–Crippen LogP) is -0.176. The number of hydrogen-bond donors (Lipinski definition) is 4. The molecule has 1 unspecified atom stereocenters. The van der Waals surface area contributed by atoms with E-state index in [-0.39, 0.29) is 18.7 Å². The Balaban J connectivity index is 1.67. The van der Waals surface area contributed by atoms with Crippen LogP contribution in [0.2, 0.25) is 0 Å². The first-order valence-electron chi connectivity index (χ1n) is 8.81. The van der Waals surface area contributed by atoms with Crippen molar-refractivity contribution in [1.82, 2.24) is 15.3 Å². The number of aliphatic hydroxyl groups is 1. The van der Waals surface area contributed by atoms with Gasteiger partial charge in [-0.25, -0.2) is 14.8 Å². The second-order valence-electron chi connectivity index (χ2n) is 6.29. The zero-order valence-corrected chi connectivity index (χ0v) is 15.3. The minimum atomic E-state index is -0.593. The van der Waals surface area contributed by atoms with Gasteiger partial charge in [0.1, 0.15) is 0 Å². The zero-order valence-electron chi connectivity index (χ0n) is 15.3. The van der Waals surface area contributed by atoms with Crippen LogP contribution in [-0.2, 0) is 11.3 Å². The number of benzene rings is 1. The first-order valence-corrected chi connectivity index (χ1v) is 8.81. The van der Waals surface area contributed by atoms with E-state index in [0.29, 0.717) is 32.2 Å². The number of urea groups is 1. The number of anilines is 1. The lowest BCUT2D eigenvalue weighted by atomic mass is 10.1. The first-order chi connectivity index (χ1) is 13.5. The van der Waals surface area contributed by atoms with Crippen LogP contribution in [0.25, 0.3) is 11.1 Å². The number of aliphatic hydroxyl groups excluding tert-OH is 1. The number of hydrogen-bond acceptors (Lipinski definition) is 6. The summed E-state index contributed by atoms with van der Waals surface area (Å²) >= 11 is 0. The van der Waals surface area contributed by atoms with Gasteiger partial charge in [-0.1, -0.05) is 18.2 Å². The fraction of sp³-hybridized carbons (Fsp3) is 0.333. The van der Waals surface area contributed by atoms with Gasteiger partial charge in [-0.2, -0.15) is 4.99 Å². The number of nitrogens with one attached hydrogen (secondary N) is 1. The van der Waals surface area contributed by atoms with Gasteiger partial charge in [-0.15, -0.1) is 0 Å². The maximum atomic E-state index is 11.5. The molecule has 2 heterocycles. The molecule has 3 rings (SSSR count). The highest BCUT2D eigenvalue weighted by Gasteiger charge is 2.21. The molecule has 1 aliphatic rings. The maximum Gasteiger partial charge on any atom is 0.344 e. The summed E-state index contributed by atoms with van der Waals surface area (Å²) in [5.74, 6) is 0.320. The molecule has 0 aliphatic carbocycles. The highest BCUT2D eigenvalue weighted by Crippen LogP contribution is 2.21. The average Bonchev–Trinajstić information content (AvgIpc) is 2.72. The van der Waals surface area contributed by atoms with Crippen LogP contribution in [0, 0.1) is 0 Å². The molecule has 0 bridgehead atoms. The lowest BCUT2D eigenvalue weighted by Gasteiger charge is -2.31. The minimum absolute atomic E-state index is 0.0267. The van der Waals surface area contributed by atoms with Gasteiger partial charge in [0.25, 0.3) is 0 Å². The van der Waals surface area contributed by atoms with Crippen molar-refractivity contribution < 1.29 is 14.6 Å². The Morgan fingerprint density at radius 1 is 1.32 bits per heavy atom. The van der Waals surface area contributed by atoms with Crippen molar-refractivity contribution in [3.8, 4) is 11.1 Å². The largest absolute Gasteiger partial charge is 0.394 e. The third-order valence-electron chi connectivity index (χ3n) is 4.20. The van der Waals surface area contributed by atoms with Crippen molar-refractivity contribution in [3.05, 3.63) is 42.2 Å². The van der Waals surface area contributed by atoms with Crippen molar-refractivity contribution in [3.63, 3.8) is 0 Å². The molecule has 6 N–H and O–H groups in total. The number of amides is 2. The number of nitrogens with zero attached hydrogens (tertiary/aromatic N) is 4. The predicted molar refractivity (Wildman–Crippen MR) is 105 cm³/mol. The van der Waals surface area contributed by atoms with E-state index in [2.05, 4.69) is 20.3 Å². The standard InChI is InChI=1S/C18H23N7O3/c19-16(20)24-18(27)23-7-12-2-1-3-13(6-12)14-8-21-17(22-9-14)25-4-5-28-15(10-25)11-26/h1-3,6,8-9,15,26H,4-5,7,10-11H2,(H5,19,20,23,24,27). The fourth-order valence-corrected chi connectivity index (χ4v) is 2.84. The van der Waals surface area contributed by atoms with Crippen molar-refractivity contribution in [1.29, 1.82) is 0 Å². The van der Waals surface area contributed by atoms with E-state index < -0.39 is 6.03 Å². The molecule has 2 amide bonds. The average molecular weight is 385 g/mol. The topological polar surface area (TPSA) is 152 Å². The van der Waals surface area contributed by atoms with Crippen molar-refractivity contribution in [2.24, 2.45) is 16.5 Å². The number of nitrogens with two attached hydrogens (primary N) is 2. The third-order valence-corrected chi connectivity index (χ3v) is 4.20. The van der Waals surface area contributed by atoms with E-state index in [0.717, 1.165) is 16.7 Å². The molecule has 0 radical (unpaired) electrons. The van der Waals surface area contributed by atoms with E-state index >= 15 is 0 Å². The van der Waals surface area contributed by atoms with Gasteiger partial charge in [-0.3, -0.25) is 0 Å². The van der Waals surface area contributed by atoms with Crippen molar-refractivity contribution in [2.45, 2.75) is 12.6 Å². The summed E-state index contributed by atoms with van der Waals surface area (Å²) < 4.78 is 5.45. The van der Waals surface area contributed by atoms with E-state index in [1.165, 1.54) is 0 Å². The van der Waals surface area contributed by atoms with Gasteiger partial charge in [0, 0.05) is 37.6 Å².